The van der Waals surface area contributed by atoms with E-state index in [0.717, 1.165) is 12.2 Å². The van der Waals surface area contributed by atoms with Crippen LogP contribution in [0.2, 0.25) is 10.0 Å². The largest absolute Gasteiger partial charge is 0.397 e. The summed E-state index contributed by atoms with van der Waals surface area (Å²) in [5.74, 6) is 0. The van der Waals surface area contributed by atoms with Crippen molar-refractivity contribution in [2.75, 3.05) is 10.6 Å². The van der Waals surface area contributed by atoms with Gasteiger partial charge < -0.3 is 10.6 Å². The SMILES string of the molecule is CC(C)N(Cc1cccs1)c1cc(Cl)c(Cl)cc1N. The Hall–Kier alpha value is -0.900. The van der Waals surface area contributed by atoms with Crippen LogP contribution in [0.5, 0.6) is 0 Å². The van der Waals surface area contributed by atoms with Crippen LogP contribution in [0.1, 0.15) is 18.7 Å². The van der Waals surface area contributed by atoms with Crippen molar-refractivity contribution in [1.82, 2.24) is 0 Å². The molecule has 0 spiro atoms. The molecule has 0 aliphatic carbocycles. The van der Waals surface area contributed by atoms with Crippen molar-refractivity contribution in [3.63, 3.8) is 0 Å². The van der Waals surface area contributed by atoms with Crippen molar-refractivity contribution in [1.29, 1.82) is 0 Å². The predicted molar refractivity (Wildman–Crippen MR) is 86.5 cm³/mol. The van der Waals surface area contributed by atoms with E-state index in [4.69, 9.17) is 28.9 Å². The minimum atomic E-state index is 0.321. The summed E-state index contributed by atoms with van der Waals surface area (Å²) in [5, 5.41) is 3.09. The van der Waals surface area contributed by atoms with Crippen molar-refractivity contribution in [2.24, 2.45) is 0 Å². The van der Waals surface area contributed by atoms with E-state index < -0.39 is 0 Å². The fourth-order valence-electron chi connectivity index (χ4n) is 1.92. The third-order valence-electron chi connectivity index (χ3n) is 2.91. The van der Waals surface area contributed by atoms with Gasteiger partial charge in [-0.15, -0.1) is 11.3 Å². The topological polar surface area (TPSA) is 29.3 Å². The number of nitrogens with zero attached hydrogens (tertiary/aromatic N) is 1. The lowest BCUT2D eigenvalue weighted by Gasteiger charge is -2.30. The first-order valence-electron chi connectivity index (χ1n) is 6.02. The van der Waals surface area contributed by atoms with Gasteiger partial charge in [-0.1, -0.05) is 29.3 Å². The van der Waals surface area contributed by atoms with E-state index in [1.54, 1.807) is 17.4 Å². The zero-order chi connectivity index (χ0) is 14.0. The molecule has 1 aromatic carbocycles. The Bertz CT molecular complexity index is 553. The van der Waals surface area contributed by atoms with Gasteiger partial charge in [0.1, 0.15) is 0 Å². The number of halogens is 2. The molecule has 0 atom stereocenters. The average molecular weight is 315 g/mol. The van der Waals surface area contributed by atoms with Crippen LogP contribution in [0.4, 0.5) is 11.4 Å². The number of anilines is 2. The third-order valence-corrected chi connectivity index (χ3v) is 4.49. The summed E-state index contributed by atoms with van der Waals surface area (Å²) in [6.45, 7) is 5.09. The minimum absolute atomic E-state index is 0.321. The lowest BCUT2D eigenvalue weighted by molar-refractivity contribution is 0.688. The first-order valence-corrected chi connectivity index (χ1v) is 7.66. The Morgan fingerprint density at radius 3 is 2.53 bits per heavy atom. The molecule has 2 N–H and O–H groups in total. The molecule has 102 valence electrons. The molecular formula is C14H16Cl2N2S. The highest BCUT2D eigenvalue weighted by atomic mass is 35.5. The molecule has 2 rings (SSSR count). The molecule has 19 heavy (non-hydrogen) atoms. The van der Waals surface area contributed by atoms with E-state index in [2.05, 4.69) is 36.3 Å². The van der Waals surface area contributed by atoms with Crippen molar-refractivity contribution < 1.29 is 0 Å². The minimum Gasteiger partial charge on any atom is -0.397 e. The predicted octanol–water partition coefficient (Wildman–Crippen LogP) is 5.05. The van der Waals surface area contributed by atoms with Crippen LogP contribution in [-0.4, -0.2) is 6.04 Å². The van der Waals surface area contributed by atoms with Crippen molar-refractivity contribution >= 4 is 45.9 Å². The molecule has 0 fully saturated rings. The highest BCUT2D eigenvalue weighted by molar-refractivity contribution is 7.09. The lowest BCUT2D eigenvalue weighted by Crippen LogP contribution is -2.30. The molecule has 0 aliphatic rings. The molecule has 1 aromatic heterocycles. The van der Waals surface area contributed by atoms with Gasteiger partial charge in [0.15, 0.2) is 0 Å². The van der Waals surface area contributed by atoms with Crippen molar-refractivity contribution in [3.05, 3.63) is 44.6 Å². The molecule has 0 saturated heterocycles. The van der Waals surface area contributed by atoms with Crippen LogP contribution < -0.4 is 10.6 Å². The lowest BCUT2D eigenvalue weighted by atomic mass is 10.2. The van der Waals surface area contributed by atoms with E-state index in [0.29, 0.717) is 21.8 Å². The molecule has 0 amide bonds. The van der Waals surface area contributed by atoms with E-state index in [1.165, 1.54) is 4.88 Å². The molecular weight excluding hydrogens is 299 g/mol. The zero-order valence-corrected chi connectivity index (χ0v) is 13.2. The van der Waals surface area contributed by atoms with Crippen molar-refractivity contribution in [2.45, 2.75) is 26.4 Å². The molecule has 5 heteroatoms. The fraction of sp³-hybridized carbons (Fsp3) is 0.286. The van der Waals surface area contributed by atoms with Gasteiger partial charge in [0, 0.05) is 10.9 Å². The highest BCUT2D eigenvalue weighted by Gasteiger charge is 2.16. The Kier molecular flexibility index (Phi) is 4.61. The Labute approximate surface area is 127 Å². The van der Waals surface area contributed by atoms with Gasteiger partial charge in [-0.05, 0) is 37.4 Å². The van der Waals surface area contributed by atoms with Gasteiger partial charge in [-0.25, -0.2) is 0 Å². The summed E-state index contributed by atoms with van der Waals surface area (Å²) >= 11 is 13.8. The number of nitrogen functional groups attached to an aromatic ring is 1. The first kappa shape index (κ1) is 14.5. The van der Waals surface area contributed by atoms with Gasteiger partial charge in [0.25, 0.3) is 0 Å². The quantitative estimate of drug-likeness (QED) is 0.800. The van der Waals surface area contributed by atoms with Crippen LogP contribution >= 0.6 is 34.5 Å². The van der Waals surface area contributed by atoms with Gasteiger partial charge in [-0.2, -0.15) is 0 Å². The Balaban J connectivity index is 2.36. The van der Waals surface area contributed by atoms with Crippen LogP contribution in [0.25, 0.3) is 0 Å². The van der Waals surface area contributed by atoms with Crippen LogP contribution in [0.15, 0.2) is 29.6 Å². The van der Waals surface area contributed by atoms with Crippen LogP contribution in [0, 0.1) is 0 Å². The maximum atomic E-state index is 6.10. The van der Waals surface area contributed by atoms with Gasteiger partial charge >= 0.3 is 0 Å². The second-order valence-electron chi connectivity index (χ2n) is 4.63. The van der Waals surface area contributed by atoms with Gasteiger partial charge in [0.2, 0.25) is 0 Å². The second-order valence-corrected chi connectivity index (χ2v) is 6.47. The summed E-state index contributed by atoms with van der Waals surface area (Å²) in [6.07, 6.45) is 0. The van der Waals surface area contributed by atoms with Gasteiger partial charge in [0.05, 0.1) is 28.0 Å². The molecule has 0 radical (unpaired) electrons. The monoisotopic (exact) mass is 314 g/mol. The summed E-state index contributed by atoms with van der Waals surface area (Å²) in [4.78, 5) is 3.52. The van der Waals surface area contributed by atoms with E-state index >= 15 is 0 Å². The molecule has 0 aliphatic heterocycles. The highest BCUT2D eigenvalue weighted by Crippen LogP contribution is 2.35. The first-order chi connectivity index (χ1) is 8.99. The van der Waals surface area contributed by atoms with Crippen LogP contribution in [-0.2, 0) is 6.54 Å². The summed E-state index contributed by atoms with van der Waals surface area (Å²) in [6, 6.07) is 8.04. The fourth-order valence-corrected chi connectivity index (χ4v) is 2.95. The molecule has 1 heterocycles. The maximum Gasteiger partial charge on any atom is 0.0621 e. The smallest absolute Gasteiger partial charge is 0.0621 e. The van der Waals surface area contributed by atoms with Crippen molar-refractivity contribution in [3.8, 4) is 0 Å². The molecule has 0 bridgehead atoms. The molecule has 2 aromatic rings. The van der Waals surface area contributed by atoms with E-state index in [1.807, 2.05) is 6.07 Å². The summed E-state index contributed by atoms with van der Waals surface area (Å²) in [7, 11) is 0. The summed E-state index contributed by atoms with van der Waals surface area (Å²) in [5.41, 5.74) is 7.66. The molecule has 2 nitrogen and oxygen atoms in total. The maximum absolute atomic E-state index is 6.10. The normalized spacial score (nSPS) is 11.0. The third kappa shape index (κ3) is 3.35. The number of rotatable bonds is 4. The molecule has 0 unspecified atom stereocenters. The van der Waals surface area contributed by atoms with E-state index in [9.17, 15) is 0 Å². The number of thiophene rings is 1. The second kappa shape index (κ2) is 6.04. The van der Waals surface area contributed by atoms with Gasteiger partial charge in [-0.3, -0.25) is 0 Å². The van der Waals surface area contributed by atoms with E-state index in [-0.39, 0.29) is 0 Å². The average Bonchev–Trinajstić information content (AvgIpc) is 2.84. The molecule has 0 saturated carbocycles. The number of benzene rings is 1. The van der Waals surface area contributed by atoms with Crippen LogP contribution in [0.3, 0.4) is 0 Å². The number of nitrogens with two attached hydrogens (primary N) is 1. The standard InChI is InChI=1S/C14H16Cl2N2S/c1-9(2)18(8-10-4-3-5-19-10)14-7-12(16)11(15)6-13(14)17/h3-7,9H,8,17H2,1-2H3. The Morgan fingerprint density at radius 2 is 1.95 bits per heavy atom. The number of hydrogen-bond acceptors (Lipinski definition) is 3. The number of hydrogen-bond donors (Lipinski definition) is 1. The zero-order valence-electron chi connectivity index (χ0n) is 10.9. The Morgan fingerprint density at radius 1 is 1.26 bits per heavy atom. The summed E-state index contributed by atoms with van der Waals surface area (Å²) < 4.78 is 0.